The van der Waals surface area contributed by atoms with E-state index in [1.807, 2.05) is 44.2 Å². The summed E-state index contributed by atoms with van der Waals surface area (Å²) in [5.41, 5.74) is 4.25. The molecule has 3 unspecified atom stereocenters. The largest absolute Gasteiger partial charge is 0.497 e. The van der Waals surface area contributed by atoms with Crippen LogP contribution in [0.3, 0.4) is 0 Å². The number of hydrogen-bond acceptors (Lipinski definition) is 4. The number of carbonyl (C=O) groups is 1. The lowest BCUT2D eigenvalue weighted by Crippen LogP contribution is -2.36. The van der Waals surface area contributed by atoms with Gasteiger partial charge >= 0.3 is 0 Å². The molecule has 1 N–H and O–H groups in total. The Bertz CT molecular complexity index is 879. The fourth-order valence-corrected chi connectivity index (χ4v) is 4.10. The fraction of sp³-hybridized carbons (Fsp3) is 0.409. The molecule has 5 nitrogen and oxygen atoms in total. The normalized spacial score (nSPS) is 23.9. The van der Waals surface area contributed by atoms with Crippen LogP contribution < -0.4 is 9.47 Å². The maximum atomic E-state index is 13.4. The molecule has 2 aliphatic heterocycles. The van der Waals surface area contributed by atoms with Crippen LogP contribution in [0.15, 0.2) is 36.4 Å². The molecule has 0 aliphatic carbocycles. The Labute approximate surface area is 159 Å². The smallest absolute Gasteiger partial charge is 0.234 e. The molecular weight excluding hydrogens is 342 g/mol. The van der Waals surface area contributed by atoms with E-state index in [0.717, 1.165) is 33.8 Å². The summed E-state index contributed by atoms with van der Waals surface area (Å²) in [6, 6.07) is 11.6. The molecule has 2 aromatic rings. The number of aliphatic hydroxyl groups excluding tert-OH is 1. The summed E-state index contributed by atoms with van der Waals surface area (Å²) < 4.78 is 11.1. The van der Waals surface area contributed by atoms with Crippen molar-refractivity contribution < 1.29 is 19.4 Å². The molecule has 1 amide bonds. The number of β-amino-alcohol motifs (C(OH)–C–C–N with tert-alkyl or cyclic N) is 1. The number of amides is 1. The number of ether oxygens (including phenoxy) is 2. The lowest BCUT2D eigenvalue weighted by Gasteiger charge is -2.27. The van der Waals surface area contributed by atoms with E-state index in [2.05, 4.69) is 6.07 Å². The zero-order valence-corrected chi connectivity index (χ0v) is 15.9. The number of rotatable bonds is 3. The number of carbonyl (C=O) groups excluding carboxylic acids is 1. The molecule has 27 heavy (non-hydrogen) atoms. The predicted molar refractivity (Wildman–Crippen MR) is 102 cm³/mol. The summed E-state index contributed by atoms with van der Waals surface area (Å²) in [4.78, 5) is 15.2. The fourth-order valence-electron chi connectivity index (χ4n) is 4.10. The first-order valence-corrected chi connectivity index (χ1v) is 9.34. The first kappa shape index (κ1) is 17.9. The van der Waals surface area contributed by atoms with Crippen LogP contribution in [0, 0.1) is 13.8 Å². The van der Waals surface area contributed by atoms with Crippen molar-refractivity contribution in [3.63, 3.8) is 0 Å². The Morgan fingerprint density at radius 1 is 1.22 bits per heavy atom. The highest BCUT2D eigenvalue weighted by Gasteiger charge is 2.41. The van der Waals surface area contributed by atoms with Crippen LogP contribution in [0.2, 0.25) is 0 Å². The molecule has 2 aliphatic rings. The number of benzene rings is 2. The number of fused-ring (bicyclic) bond motifs is 1. The Morgan fingerprint density at radius 3 is 2.78 bits per heavy atom. The number of likely N-dealkylation sites (tertiary alicyclic amines) is 1. The van der Waals surface area contributed by atoms with Crippen molar-refractivity contribution in [1.82, 2.24) is 4.90 Å². The number of hydrogen-bond donors (Lipinski definition) is 1. The Hall–Kier alpha value is -2.53. The second kappa shape index (κ2) is 6.89. The topological polar surface area (TPSA) is 59.0 Å². The highest BCUT2D eigenvalue weighted by Crippen LogP contribution is 2.41. The zero-order chi connectivity index (χ0) is 19.1. The first-order chi connectivity index (χ1) is 13.0. The van der Waals surface area contributed by atoms with E-state index in [1.54, 1.807) is 12.0 Å². The van der Waals surface area contributed by atoms with Crippen molar-refractivity contribution >= 4 is 5.91 Å². The van der Waals surface area contributed by atoms with Crippen molar-refractivity contribution in [2.45, 2.75) is 38.3 Å². The molecule has 3 atom stereocenters. The van der Waals surface area contributed by atoms with Crippen molar-refractivity contribution in [2.75, 3.05) is 20.3 Å². The van der Waals surface area contributed by atoms with Crippen molar-refractivity contribution in [3.8, 4) is 11.5 Å². The third-order valence-electron chi connectivity index (χ3n) is 5.75. The van der Waals surface area contributed by atoms with Crippen LogP contribution in [0.1, 0.15) is 40.6 Å². The van der Waals surface area contributed by atoms with Gasteiger partial charge in [-0.05, 0) is 55.2 Å². The first-order valence-electron chi connectivity index (χ1n) is 9.34. The minimum absolute atomic E-state index is 0.0152. The monoisotopic (exact) mass is 367 g/mol. The van der Waals surface area contributed by atoms with Gasteiger partial charge in [0, 0.05) is 12.1 Å². The van der Waals surface area contributed by atoms with Gasteiger partial charge in [0.25, 0.3) is 0 Å². The third-order valence-corrected chi connectivity index (χ3v) is 5.75. The van der Waals surface area contributed by atoms with Crippen LogP contribution in [0.5, 0.6) is 11.5 Å². The summed E-state index contributed by atoms with van der Waals surface area (Å²) in [7, 11) is 1.63. The summed E-state index contributed by atoms with van der Waals surface area (Å²) in [5, 5.41) is 10.3. The van der Waals surface area contributed by atoms with Gasteiger partial charge in [0.1, 0.15) is 24.0 Å². The minimum Gasteiger partial charge on any atom is -0.497 e. The molecular formula is C22H25NO4. The van der Waals surface area contributed by atoms with Crippen LogP contribution >= 0.6 is 0 Å². The van der Waals surface area contributed by atoms with E-state index in [-0.39, 0.29) is 17.9 Å². The molecule has 2 heterocycles. The minimum atomic E-state index is -0.522. The lowest BCUT2D eigenvalue weighted by molar-refractivity contribution is -0.134. The molecule has 1 fully saturated rings. The van der Waals surface area contributed by atoms with Crippen molar-refractivity contribution in [2.24, 2.45) is 0 Å². The van der Waals surface area contributed by atoms with E-state index in [0.29, 0.717) is 19.6 Å². The molecule has 0 bridgehead atoms. The maximum Gasteiger partial charge on any atom is 0.234 e. The molecule has 4 rings (SSSR count). The second-order valence-corrected chi connectivity index (χ2v) is 7.51. The molecule has 0 aromatic heterocycles. The molecule has 0 radical (unpaired) electrons. The summed E-state index contributed by atoms with van der Waals surface area (Å²) >= 11 is 0. The SMILES string of the molecule is COc1cccc(C2CC(O)CN2C(=O)C2COc3cc(C)c(C)cc32)c1. The number of aryl methyl sites for hydroxylation is 2. The molecule has 2 aromatic carbocycles. The van der Waals surface area contributed by atoms with E-state index in [9.17, 15) is 9.90 Å². The average molecular weight is 367 g/mol. The van der Waals surface area contributed by atoms with E-state index in [1.165, 1.54) is 0 Å². The number of aliphatic hydroxyl groups is 1. The number of nitrogens with zero attached hydrogens (tertiary/aromatic N) is 1. The van der Waals surface area contributed by atoms with Crippen LogP contribution in [-0.4, -0.2) is 42.3 Å². The lowest BCUT2D eigenvalue weighted by atomic mass is 9.95. The zero-order valence-electron chi connectivity index (χ0n) is 15.9. The highest BCUT2D eigenvalue weighted by atomic mass is 16.5. The summed E-state index contributed by atoms with van der Waals surface area (Å²) in [5.74, 6) is 1.25. The molecule has 0 saturated carbocycles. The van der Waals surface area contributed by atoms with Gasteiger partial charge in [-0.25, -0.2) is 0 Å². The second-order valence-electron chi connectivity index (χ2n) is 7.51. The summed E-state index contributed by atoms with van der Waals surface area (Å²) in [6.07, 6.45) is 0.0124. The van der Waals surface area contributed by atoms with Gasteiger partial charge in [0.15, 0.2) is 0 Å². The molecule has 142 valence electrons. The standard InChI is InChI=1S/C22H25NO4/c1-13-7-18-19(12-27-21(18)8-14(13)2)22(25)23-11-16(24)10-20(23)15-5-4-6-17(9-15)26-3/h4-9,16,19-20,24H,10-12H2,1-3H3. The maximum absolute atomic E-state index is 13.4. The average Bonchev–Trinajstić information content (AvgIpc) is 3.25. The third kappa shape index (κ3) is 3.16. The van der Waals surface area contributed by atoms with Crippen LogP contribution in [-0.2, 0) is 4.79 Å². The molecule has 0 spiro atoms. The number of methoxy groups -OCH3 is 1. The van der Waals surface area contributed by atoms with Crippen LogP contribution in [0.4, 0.5) is 0 Å². The van der Waals surface area contributed by atoms with Gasteiger partial charge in [0.2, 0.25) is 5.91 Å². The summed E-state index contributed by atoms with van der Waals surface area (Å²) in [6.45, 7) is 4.80. The molecule has 1 saturated heterocycles. The van der Waals surface area contributed by atoms with E-state index in [4.69, 9.17) is 9.47 Å². The van der Waals surface area contributed by atoms with Gasteiger partial charge in [-0.3, -0.25) is 4.79 Å². The Kier molecular flexibility index (Phi) is 4.56. The predicted octanol–water partition coefficient (Wildman–Crippen LogP) is 3.12. The Morgan fingerprint density at radius 2 is 2.00 bits per heavy atom. The quantitative estimate of drug-likeness (QED) is 0.906. The molecule has 5 heteroatoms. The van der Waals surface area contributed by atoms with Gasteiger partial charge in [0.05, 0.1) is 19.3 Å². The van der Waals surface area contributed by atoms with Crippen LogP contribution in [0.25, 0.3) is 0 Å². The van der Waals surface area contributed by atoms with Gasteiger partial charge in [-0.1, -0.05) is 18.2 Å². The van der Waals surface area contributed by atoms with Crippen molar-refractivity contribution in [3.05, 3.63) is 58.7 Å². The van der Waals surface area contributed by atoms with E-state index < -0.39 is 6.10 Å². The highest BCUT2D eigenvalue weighted by molar-refractivity contribution is 5.86. The van der Waals surface area contributed by atoms with Gasteiger partial charge < -0.3 is 19.5 Å². The van der Waals surface area contributed by atoms with Gasteiger partial charge in [-0.15, -0.1) is 0 Å². The van der Waals surface area contributed by atoms with Crippen molar-refractivity contribution in [1.29, 1.82) is 0 Å². The Balaban J connectivity index is 1.64. The van der Waals surface area contributed by atoms with Gasteiger partial charge in [-0.2, -0.15) is 0 Å². The van der Waals surface area contributed by atoms with E-state index >= 15 is 0 Å².